The van der Waals surface area contributed by atoms with Gasteiger partial charge in [0, 0.05) is 0 Å². The molecule has 3 aromatic carbocycles. The van der Waals surface area contributed by atoms with E-state index in [9.17, 15) is 22.8 Å². The van der Waals surface area contributed by atoms with Crippen molar-refractivity contribution in [2.45, 2.75) is 24.5 Å². The molecule has 0 saturated carbocycles. The lowest BCUT2D eigenvalue weighted by Gasteiger charge is -2.24. The number of nitrogens with two attached hydrogens (primary N) is 1. The van der Waals surface area contributed by atoms with Crippen LogP contribution in [0, 0.1) is 0 Å². The first kappa shape index (κ1) is 26.9. The summed E-state index contributed by atoms with van der Waals surface area (Å²) in [4.78, 5) is 38.3. The summed E-state index contributed by atoms with van der Waals surface area (Å²) in [6.45, 7) is -0.456. The van der Waals surface area contributed by atoms with E-state index in [1.807, 2.05) is 4.72 Å². The molecular weight excluding hydrogens is 516 g/mol. The summed E-state index contributed by atoms with van der Waals surface area (Å²) in [6, 6.07) is 24.0. The van der Waals surface area contributed by atoms with Gasteiger partial charge in [-0.15, -0.1) is 0 Å². The van der Waals surface area contributed by atoms with Gasteiger partial charge in [-0.1, -0.05) is 54.6 Å². The molecule has 1 saturated heterocycles. The molecule has 0 radical (unpaired) electrons. The van der Waals surface area contributed by atoms with Crippen LogP contribution in [0.15, 0.2) is 91.0 Å². The van der Waals surface area contributed by atoms with E-state index in [0.29, 0.717) is 0 Å². The minimum absolute atomic E-state index is 0.161. The van der Waals surface area contributed by atoms with Crippen LogP contribution in [0.5, 0.6) is 0 Å². The van der Waals surface area contributed by atoms with Gasteiger partial charge in [0.25, 0.3) is 10.2 Å². The first-order chi connectivity index (χ1) is 18.2. The Morgan fingerprint density at radius 2 is 1.13 bits per heavy atom. The monoisotopic (exact) mass is 540 g/mol. The number of nitrogens with one attached hydrogen (secondary N) is 1. The summed E-state index contributed by atoms with van der Waals surface area (Å²) >= 11 is 0. The summed E-state index contributed by atoms with van der Waals surface area (Å²) < 4.78 is 48.0. The molecule has 38 heavy (non-hydrogen) atoms. The lowest BCUT2D eigenvalue weighted by Crippen LogP contribution is -2.49. The number of ether oxygens (including phenoxy) is 4. The molecule has 0 bridgehead atoms. The Labute approximate surface area is 218 Å². The highest BCUT2D eigenvalue weighted by Crippen LogP contribution is 2.28. The summed E-state index contributed by atoms with van der Waals surface area (Å²) in [5, 5.41) is 5.15. The predicted octanol–water partition coefficient (Wildman–Crippen LogP) is 1.81. The van der Waals surface area contributed by atoms with Crippen molar-refractivity contribution in [1.82, 2.24) is 4.72 Å². The van der Waals surface area contributed by atoms with E-state index in [4.69, 9.17) is 24.1 Å². The zero-order chi connectivity index (χ0) is 27.1. The SMILES string of the molecule is NS(=O)(=O)NC1O[C@H](COC(=O)c2ccccc2)[C@@H](OC(=O)c2ccccc2)[C@H]1OC(=O)c1ccccc1. The van der Waals surface area contributed by atoms with Crippen LogP contribution in [0.2, 0.25) is 0 Å². The van der Waals surface area contributed by atoms with Crippen molar-refractivity contribution in [2.24, 2.45) is 5.14 Å². The summed E-state index contributed by atoms with van der Waals surface area (Å²) in [5.74, 6) is -2.32. The minimum atomic E-state index is -4.36. The van der Waals surface area contributed by atoms with Crippen molar-refractivity contribution in [3.63, 3.8) is 0 Å². The van der Waals surface area contributed by atoms with Crippen LogP contribution in [-0.2, 0) is 29.2 Å². The molecule has 1 fully saturated rings. The molecule has 3 aromatic rings. The Kier molecular flexibility index (Phi) is 8.48. The molecule has 0 amide bonds. The van der Waals surface area contributed by atoms with Crippen LogP contribution in [0.1, 0.15) is 31.1 Å². The molecule has 4 atom stereocenters. The van der Waals surface area contributed by atoms with E-state index in [1.54, 1.807) is 66.7 Å². The van der Waals surface area contributed by atoms with E-state index in [-0.39, 0.29) is 16.7 Å². The number of carbonyl (C=O) groups is 3. The number of esters is 3. The van der Waals surface area contributed by atoms with Crippen LogP contribution in [-0.4, -0.2) is 57.5 Å². The third kappa shape index (κ3) is 7.01. The fourth-order valence-electron chi connectivity index (χ4n) is 3.74. The second kappa shape index (κ2) is 12.0. The summed E-state index contributed by atoms with van der Waals surface area (Å²) in [5.41, 5.74) is 0.604. The lowest BCUT2D eigenvalue weighted by molar-refractivity contribution is -0.0454. The van der Waals surface area contributed by atoms with Gasteiger partial charge >= 0.3 is 17.9 Å². The second-order valence-electron chi connectivity index (χ2n) is 8.19. The maximum atomic E-state index is 12.9. The van der Waals surface area contributed by atoms with Crippen LogP contribution in [0.25, 0.3) is 0 Å². The zero-order valence-corrected chi connectivity index (χ0v) is 20.7. The smallest absolute Gasteiger partial charge is 0.338 e. The fraction of sp³-hybridized carbons (Fsp3) is 0.192. The molecular formula is C26H24N2O9S. The Hall–Kier alpha value is -4.10. The molecule has 0 aliphatic carbocycles. The van der Waals surface area contributed by atoms with Gasteiger partial charge in [-0.3, -0.25) is 0 Å². The number of hydrogen-bond donors (Lipinski definition) is 2. The topological polar surface area (TPSA) is 160 Å². The molecule has 3 N–H and O–H groups in total. The standard InChI is InChI=1S/C26H24N2O9S/c27-38(32,33)28-23-22(37-26(31)19-14-8-3-9-15-19)21(36-25(30)18-12-6-2-7-13-18)20(35-23)16-34-24(29)17-10-4-1-5-11-17/h1-15,20-23,28H,16H2,(H2,27,32,33)/t20-,21-,22-,23?/m1/s1. The molecule has 11 nitrogen and oxygen atoms in total. The molecule has 12 heteroatoms. The van der Waals surface area contributed by atoms with Gasteiger partial charge in [0.2, 0.25) is 0 Å². The third-order valence-electron chi connectivity index (χ3n) is 5.48. The van der Waals surface area contributed by atoms with E-state index >= 15 is 0 Å². The van der Waals surface area contributed by atoms with E-state index in [0.717, 1.165) is 0 Å². The average molecular weight is 541 g/mol. The molecule has 0 aromatic heterocycles. The van der Waals surface area contributed by atoms with Crippen molar-refractivity contribution in [3.8, 4) is 0 Å². The first-order valence-electron chi connectivity index (χ1n) is 11.4. The first-order valence-corrected chi connectivity index (χ1v) is 13.0. The quantitative estimate of drug-likeness (QED) is 0.305. The highest BCUT2D eigenvalue weighted by Gasteiger charge is 2.51. The van der Waals surface area contributed by atoms with Crippen LogP contribution >= 0.6 is 0 Å². The Balaban J connectivity index is 1.61. The van der Waals surface area contributed by atoms with Crippen LogP contribution in [0.4, 0.5) is 0 Å². The maximum absolute atomic E-state index is 12.9. The van der Waals surface area contributed by atoms with Gasteiger partial charge < -0.3 is 18.9 Å². The number of carbonyl (C=O) groups excluding carboxylic acids is 3. The molecule has 1 aliphatic rings. The van der Waals surface area contributed by atoms with Crippen LogP contribution < -0.4 is 9.86 Å². The van der Waals surface area contributed by atoms with E-state index in [2.05, 4.69) is 0 Å². The largest absolute Gasteiger partial charge is 0.459 e. The fourth-order valence-corrected chi connectivity index (χ4v) is 4.25. The normalized spacial score (nSPS) is 20.9. The predicted molar refractivity (Wildman–Crippen MR) is 133 cm³/mol. The van der Waals surface area contributed by atoms with E-state index in [1.165, 1.54) is 24.3 Å². The number of benzene rings is 3. The molecule has 0 spiro atoms. The highest BCUT2D eigenvalue weighted by molar-refractivity contribution is 7.87. The van der Waals surface area contributed by atoms with Gasteiger partial charge in [-0.2, -0.15) is 13.1 Å². The Bertz CT molecular complexity index is 1370. The van der Waals surface area contributed by atoms with Gasteiger partial charge in [0.05, 0.1) is 16.7 Å². The summed E-state index contributed by atoms with van der Waals surface area (Å²) in [7, 11) is -4.36. The van der Waals surface area contributed by atoms with Crippen molar-refractivity contribution in [1.29, 1.82) is 0 Å². The maximum Gasteiger partial charge on any atom is 0.338 e. The van der Waals surface area contributed by atoms with Gasteiger partial charge in [0.1, 0.15) is 12.7 Å². The molecule has 1 heterocycles. The third-order valence-corrected chi connectivity index (χ3v) is 6.04. The van der Waals surface area contributed by atoms with Crippen molar-refractivity contribution < 1.29 is 41.7 Å². The average Bonchev–Trinajstić information content (AvgIpc) is 3.22. The van der Waals surface area contributed by atoms with Crippen molar-refractivity contribution in [3.05, 3.63) is 108 Å². The molecule has 198 valence electrons. The van der Waals surface area contributed by atoms with Crippen molar-refractivity contribution in [2.75, 3.05) is 6.61 Å². The molecule has 1 aliphatic heterocycles. The zero-order valence-electron chi connectivity index (χ0n) is 19.8. The molecule has 4 rings (SSSR count). The summed E-state index contributed by atoms with van der Waals surface area (Å²) in [6.07, 6.45) is -5.62. The number of rotatable bonds is 9. The Morgan fingerprint density at radius 1 is 0.711 bits per heavy atom. The van der Waals surface area contributed by atoms with Gasteiger partial charge in [0.15, 0.2) is 18.4 Å². The van der Waals surface area contributed by atoms with Crippen molar-refractivity contribution >= 4 is 28.1 Å². The molecule has 1 unspecified atom stereocenters. The van der Waals surface area contributed by atoms with Crippen LogP contribution in [0.3, 0.4) is 0 Å². The van der Waals surface area contributed by atoms with E-state index < -0.39 is 59.3 Å². The van der Waals surface area contributed by atoms with Gasteiger partial charge in [-0.25, -0.2) is 19.5 Å². The second-order valence-corrected chi connectivity index (χ2v) is 9.52. The lowest BCUT2D eigenvalue weighted by atomic mass is 10.1. The highest BCUT2D eigenvalue weighted by atomic mass is 32.2. The minimum Gasteiger partial charge on any atom is -0.459 e. The Morgan fingerprint density at radius 3 is 1.58 bits per heavy atom. The van der Waals surface area contributed by atoms with Gasteiger partial charge in [-0.05, 0) is 36.4 Å². The number of hydrogen-bond acceptors (Lipinski definition) is 9.